The minimum absolute atomic E-state index is 0.260. The fourth-order valence-corrected chi connectivity index (χ4v) is 2.63. The van der Waals surface area contributed by atoms with Crippen molar-refractivity contribution in [2.75, 3.05) is 19.6 Å². The first-order valence-electron chi connectivity index (χ1n) is 6.79. The maximum atomic E-state index is 12.9. The Kier molecular flexibility index (Phi) is 4.36. The summed E-state index contributed by atoms with van der Waals surface area (Å²) >= 11 is 0. The van der Waals surface area contributed by atoms with Crippen LogP contribution in [0.2, 0.25) is 0 Å². The van der Waals surface area contributed by atoms with Crippen LogP contribution in [0.15, 0.2) is 24.3 Å². The van der Waals surface area contributed by atoms with Crippen LogP contribution in [0, 0.1) is 5.82 Å². The molecule has 1 fully saturated rings. The highest BCUT2D eigenvalue weighted by Crippen LogP contribution is 2.23. The summed E-state index contributed by atoms with van der Waals surface area (Å²) in [5.74, 6) is -0.260. The molecule has 1 unspecified atom stereocenters. The van der Waals surface area contributed by atoms with Gasteiger partial charge in [-0.15, -0.1) is 0 Å². The third-order valence-corrected chi connectivity index (χ3v) is 3.70. The van der Waals surface area contributed by atoms with Gasteiger partial charge in [0.05, 0.1) is 5.60 Å². The van der Waals surface area contributed by atoms with Crippen molar-refractivity contribution in [1.29, 1.82) is 0 Å². The van der Waals surface area contributed by atoms with E-state index in [1.807, 2.05) is 6.92 Å². The van der Waals surface area contributed by atoms with Crippen LogP contribution in [0.4, 0.5) is 4.39 Å². The van der Waals surface area contributed by atoms with Crippen LogP contribution in [0.5, 0.6) is 0 Å². The summed E-state index contributed by atoms with van der Waals surface area (Å²) in [5.41, 5.74) is -0.119. The van der Waals surface area contributed by atoms with E-state index in [0.29, 0.717) is 6.54 Å². The van der Waals surface area contributed by atoms with Crippen LogP contribution < -0.4 is 0 Å². The molecule has 1 aromatic carbocycles. The van der Waals surface area contributed by atoms with E-state index in [4.69, 9.17) is 0 Å². The fourth-order valence-electron chi connectivity index (χ4n) is 2.63. The number of hydrogen-bond acceptors (Lipinski definition) is 2. The van der Waals surface area contributed by atoms with Gasteiger partial charge in [0.15, 0.2) is 0 Å². The monoisotopic (exact) mass is 251 g/mol. The molecule has 1 saturated heterocycles. The second-order valence-electron chi connectivity index (χ2n) is 5.47. The number of hydrogen-bond donors (Lipinski definition) is 1. The van der Waals surface area contributed by atoms with E-state index in [1.165, 1.54) is 37.8 Å². The summed E-state index contributed by atoms with van der Waals surface area (Å²) in [6.07, 6.45) is 4.99. The first-order valence-corrected chi connectivity index (χ1v) is 6.79. The highest BCUT2D eigenvalue weighted by molar-refractivity contribution is 5.22. The Morgan fingerprint density at radius 3 is 2.22 bits per heavy atom. The minimum atomic E-state index is -0.905. The largest absolute Gasteiger partial charge is 0.384 e. The zero-order valence-electron chi connectivity index (χ0n) is 11.0. The molecular formula is C15H22FNO. The molecule has 0 radical (unpaired) electrons. The highest BCUT2D eigenvalue weighted by atomic mass is 19.1. The number of benzene rings is 1. The maximum absolute atomic E-state index is 12.9. The Morgan fingerprint density at radius 1 is 1.11 bits per heavy atom. The smallest absolute Gasteiger partial charge is 0.123 e. The van der Waals surface area contributed by atoms with Gasteiger partial charge in [-0.05, 0) is 50.6 Å². The summed E-state index contributed by atoms with van der Waals surface area (Å²) in [6.45, 7) is 4.54. The normalized spacial score (nSPS) is 21.3. The summed E-state index contributed by atoms with van der Waals surface area (Å²) in [4.78, 5) is 2.32. The quantitative estimate of drug-likeness (QED) is 0.893. The summed E-state index contributed by atoms with van der Waals surface area (Å²) < 4.78 is 12.9. The first kappa shape index (κ1) is 13.5. The Balaban J connectivity index is 2.03. The standard InChI is InChI=1S/C15H22FNO/c1-15(18,13-6-8-14(16)9-7-13)12-17-10-4-2-3-5-11-17/h6-9,18H,2-5,10-12H2,1H3. The maximum Gasteiger partial charge on any atom is 0.123 e. The molecule has 2 rings (SSSR count). The molecule has 0 aliphatic carbocycles. The Morgan fingerprint density at radius 2 is 1.67 bits per heavy atom. The van der Waals surface area contributed by atoms with Crippen molar-refractivity contribution >= 4 is 0 Å². The first-order chi connectivity index (χ1) is 8.58. The SMILES string of the molecule is CC(O)(CN1CCCCCC1)c1ccc(F)cc1. The number of rotatable bonds is 3. The molecular weight excluding hydrogens is 229 g/mol. The molecule has 18 heavy (non-hydrogen) atoms. The lowest BCUT2D eigenvalue weighted by atomic mass is 9.95. The number of β-amino-alcohol motifs (C(OH)–C–C–N with tert-alkyl or cyclic N) is 1. The number of likely N-dealkylation sites (tertiary alicyclic amines) is 1. The Labute approximate surface area is 108 Å². The van der Waals surface area contributed by atoms with Crippen LogP contribution in [0.3, 0.4) is 0 Å². The van der Waals surface area contributed by atoms with Gasteiger partial charge in [0.1, 0.15) is 5.82 Å². The Bertz CT molecular complexity index is 367. The highest BCUT2D eigenvalue weighted by Gasteiger charge is 2.26. The third-order valence-electron chi connectivity index (χ3n) is 3.70. The van der Waals surface area contributed by atoms with Gasteiger partial charge in [-0.25, -0.2) is 4.39 Å². The van der Waals surface area contributed by atoms with Crippen molar-refractivity contribution in [3.8, 4) is 0 Å². The lowest BCUT2D eigenvalue weighted by molar-refractivity contribution is 0.0168. The van der Waals surface area contributed by atoms with Gasteiger partial charge in [-0.3, -0.25) is 0 Å². The lowest BCUT2D eigenvalue weighted by Crippen LogP contribution is -2.39. The van der Waals surface area contributed by atoms with E-state index in [2.05, 4.69) is 4.90 Å². The van der Waals surface area contributed by atoms with Crippen molar-refractivity contribution in [2.24, 2.45) is 0 Å². The van der Waals surface area contributed by atoms with Crippen molar-refractivity contribution < 1.29 is 9.50 Å². The number of halogens is 1. The second kappa shape index (κ2) is 5.81. The van der Waals surface area contributed by atoms with Crippen molar-refractivity contribution in [3.63, 3.8) is 0 Å². The van der Waals surface area contributed by atoms with Crippen LogP contribution >= 0.6 is 0 Å². The van der Waals surface area contributed by atoms with Gasteiger partial charge < -0.3 is 10.0 Å². The topological polar surface area (TPSA) is 23.5 Å². The zero-order chi connectivity index (χ0) is 13.0. The van der Waals surface area contributed by atoms with Crippen LogP contribution in [0.25, 0.3) is 0 Å². The third kappa shape index (κ3) is 3.53. The van der Waals surface area contributed by atoms with E-state index in [-0.39, 0.29) is 5.82 Å². The molecule has 1 aromatic rings. The molecule has 0 spiro atoms. The number of aliphatic hydroxyl groups is 1. The van der Waals surface area contributed by atoms with E-state index in [0.717, 1.165) is 18.7 Å². The minimum Gasteiger partial charge on any atom is -0.384 e. The van der Waals surface area contributed by atoms with E-state index in [9.17, 15) is 9.50 Å². The zero-order valence-corrected chi connectivity index (χ0v) is 11.0. The van der Waals surface area contributed by atoms with Crippen molar-refractivity contribution in [3.05, 3.63) is 35.6 Å². The van der Waals surface area contributed by atoms with Gasteiger partial charge in [-0.1, -0.05) is 25.0 Å². The summed E-state index contributed by atoms with van der Waals surface area (Å²) in [6, 6.07) is 6.17. The van der Waals surface area contributed by atoms with E-state index >= 15 is 0 Å². The summed E-state index contributed by atoms with van der Waals surface area (Å²) in [7, 11) is 0. The van der Waals surface area contributed by atoms with E-state index < -0.39 is 5.60 Å². The average molecular weight is 251 g/mol. The molecule has 1 aliphatic rings. The van der Waals surface area contributed by atoms with E-state index in [1.54, 1.807) is 12.1 Å². The molecule has 0 aromatic heterocycles. The molecule has 1 atom stereocenters. The van der Waals surface area contributed by atoms with Gasteiger partial charge in [0, 0.05) is 6.54 Å². The van der Waals surface area contributed by atoms with Crippen LogP contribution in [-0.4, -0.2) is 29.6 Å². The van der Waals surface area contributed by atoms with Gasteiger partial charge in [-0.2, -0.15) is 0 Å². The van der Waals surface area contributed by atoms with Gasteiger partial charge in [0.2, 0.25) is 0 Å². The van der Waals surface area contributed by atoms with Crippen LogP contribution in [-0.2, 0) is 5.60 Å². The lowest BCUT2D eigenvalue weighted by Gasteiger charge is -2.31. The molecule has 1 N–H and O–H groups in total. The average Bonchev–Trinajstić information content (AvgIpc) is 2.57. The molecule has 0 bridgehead atoms. The summed E-state index contributed by atoms with van der Waals surface area (Å²) in [5, 5.41) is 10.6. The molecule has 1 heterocycles. The number of nitrogens with zero attached hydrogens (tertiary/aromatic N) is 1. The van der Waals surface area contributed by atoms with Crippen molar-refractivity contribution in [1.82, 2.24) is 4.90 Å². The predicted molar refractivity (Wildman–Crippen MR) is 70.9 cm³/mol. The molecule has 0 saturated carbocycles. The predicted octanol–water partition coefficient (Wildman–Crippen LogP) is 2.91. The van der Waals surface area contributed by atoms with Crippen LogP contribution in [0.1, 0.15) is 38.2 Å². The van der Waals surface area contributed by atoms with Crippen molar-refractivity contribution in [2.45, 2.75) is 38.2 Å². The second-order valence-corrected chi connectivity index (χ2v) is 5.47. The molecule has 1 aliphatic heterocycles. The molecule has 2 nitrogen and oxygen atoms in total. The van der Waals surface area contributed by atoms with Gasteiger partial charge >= 0.3 is 0 Å². The Hall–Kier alpha value is -0.930. The fraction of sp³-hybridized carbons (Fsp3) is 0.600. The molecule has 3 heteroatoms. The van der Waals surface area contributed by atoms with Gasteiger partial charge in [0.25, 0.3) is 0 Å². The molecule has 0 amide bonds. The molecule has 100 valence electrons.